The number of carbonyl (C=O) groups excluding carboxylic acids is 1. The van der Waals surface area contributed by atoms with Crippen LogP contribution in [0.25, 0.3) is 0 Å². The molecule has 104 valence electrons. The van der Waals surface area contributed by atoms with Crippen molar-refractivity contribution in [3.8, 4) is 5.75 Å². The van der Waals surface area contributed by atoms with Gasteiger partial charge in [0.05, 0.1) is 12.8 Å². The van der Waals surface area contributed by atoms with Crippen LogP contribution in [-0.2, 0) is 0 Å². The van der Waals surface area contributed by atoms with Crippen LogP contribution in [0.4, 0.5) is 10.1 Å². The minimum atomic E-state index is -0.579. The van der Waals surface area contributed by atoms with E-state index >= 15 is 0 Å². The highest BCUT2D eigenvalue weighted by molar-refractivity contribution is 6.30. The number of carbonyl (C=O) groups is 1. The molecule has 0 radical (unpaired) electrons. The van der Waals surface area contributed by atoms with Crippen LogP contribution in [-0.4, -0.2) is 13.0 Å². The first kappa shape index (κ1) is 14.3. The van der Waals surface area contributed by atoms with Gasteiger partial charge in [0, 0.05) is 10.6 Å². The number of aryl methyl sites for hydroxylation is 1. The van der Waals surface area contributed by atoms with E-state index in [9.17, 15) is 9.18 Å². The summed E-state index contributed by atoms with van der Waals surface area (Å²) < 4.78 is 18.8. The fourth-order valence-corrected chi connectivity index (χ4v) is 1.91. The van der Waals surface area contributed by atoms with Gasteiger partial charge in [0.1, 0.15) is 11.6 Å². The summed E-state index contributed by atoms with van der Waals surface area (Å²) in [5, 5.41) is 2.77. The lowest BCUT2D eigenvalue weighted by molar-refractivity contribution is 0.102. The van der Waals surface area contributed by atoms with E-state index in [0.29, 0.717) is 11.3 Å². The molecule has 2 aromatic rings. The van der Waals surface area contributed by atoms with E-state index in [1.54, 1.807) is 18.2 Å². The number of halogens is 2. The molecule has 2 aromatic carbocycles. The number of anilines is 1. The van der Waals surface area contributed by atoms with E-state index < -0.39 is 11.7 Å². The average Bonchev–Trinajstić information content (AvgIpc) is 2.42. The second-order valence-corrected chi connectivity index (χ2v) is 4.70. The highest BCUT2D eigenvalue weighted by atomic mass is 35.5. The van der Waals surface area contributed by atoms with Gasteiger partial charge in [0.2, 0.25) is 0 Å². The SMILES string of the molecule is COc1cc(C(=O)Nc2ccc(Cl)cc2F)ccc1C. The molecule has 0 aliphatic rings. The van der Waals surface area contributed by atoms with Crippen LogP contribution in [0.2, 0.25) is 5.02 Å². The first-order chi connectivity index (χ1) is 9.51. The summed E-state index contributed by atoms with van der Waals surface area (Å²) in [6, 6.07) is 9.11. The van der Waals surface area contributed by atoms with Crippen LogP contribution in [0.15, 0.2) is 36.4 Å². The molecule has 1 N–H and O–H groups in total. The lowest BCUT2D eigenvalue weighted by atomic mass is 10.1. The number of nitrogens with one attached hydrogen (secondary N) is 1. The van der Waals surface area contributed by atoms with E-state index in [2.05, 4.69) is 5.32 Å². The maximum absolute atomic E-state index is 13.6. The van der Waals surface area contributed by atoms with Crippen LogP contribution < -0.4 is 10.1 Å². The standard InChI is InChI=1S/C15H13ClFNO2/c1-9-3-4-10(7-14(9)20-2)15(19)18-13-6-5-11(16)8-12(13)17/h3-8H,1-2H3,(H,18,19). The van der Waals surface area contributed by atoms with Crippen LogP contribution in [0.5, 0.6) is 5.75 Å². The molecule has 0 aromatic heterocycles. The molecule has 0 spiro atoms. The van der Waals surface area contributed by atoms with E-state index in [0.717, 1.165) is 11.6 Å². The number of hydrogen-bond donors (Lipinski definition) is 1. The van der Waals surface area contributed by atoms with Gasteiger partial charge in [-0.15, -0.1) is 0 Å². The molecule has 0 saturated carbocycles. The van der Waals surface area contributed by atoms with Crippen molar-refractivity contribution in [1.82, 2.24) is 0 Å². The Kier molecular flexibility index (Phi) is 4.25. The number of ether oxygens (including phenoxy) is 1. The maximum atomic E-state index is 13.6. The van der Waals surface area contributed by atoms with Gasteiger partial charge in [-0.1, -0.05) is 17.7 Å². The largest absolute Gasteiger partial charge is 0.496 e. The second kappa shape index (κ2) is 5.92. The van der Waals surface area contributed by atoms with Crippen LogP contribution in [0.3, 0.4) is 0 Å². The Morgan fingerprint density at radius 2 is 2.00 bits per heavy atom. The monoisotopic (exact) mass is 293 g/mol. The second-order valence-electron chi connectivity index (χ2n) is 4.26. The van der Waals surface area contributed by atoms with Crippen molar-refractivity contribution in [2.24, 2.45) is 0 Å². The van der Waals surface area contributed by atoms with Crippen molar-refractivity contribution in [2.75, 3.05) is 12.4 Å². The predicted molar refractivity (Wildman–Crippen MR) is 77.1 cm³/mol. The van der Waals surface area contributed by atoms with E-state index in [4.69, 9.17) is 16.3 Å². The number of rotatable bonds is 3. The van der Waals surface area contributed by atoms with Gasteiger partial charge in [-0.3, -0.25) is 4.79 Å². The Bertz CT molecular complexity index is 658. The molecule has 2 rings (SSSR count). The molecule has 0 atom stereocenters. The first-order valence-electron chi connectivity index (χ1n) is 5.92. The molecule has 0 fully saturated rings. The van der Waals surface area contributed by atoms with Gasteiger partial charge in [-0.25, -0.2) is 4.39 Å². The quantitative estimate of drug-likeness (QED) is 0.927. The lowest BCUT2D eigenvalue weighted by Crippen LogP contribution is -2.13. The number of hydrogen-bond acceptors (Lipinski definition) is 2. The van der Waals surface area contributed by atoms with Crippen LogP contribution in [0.1, 0.15) is 15.9 Å². The third-order valence-corrected chi connectivity index (χ3v) is 3.08. The highest BCUT2D eigenvalue weighted by Gasteiger charge is 2.11. The Balaban J connectivity index is 2.24. The molecule has 0 heterocycles. The fourth-order valence-electron chi connectivity index (χ4n) is 1.75. The zero-order valence-corrected chi connectivity index (χ0v) is 11.8. The topological polar surface area (TPSA) is 38.3 Å². The lowest BCUT2D eigenvalue weighted by Gasteiger charge is -2.09. The molecule has 0 bridgehead atoms. The van der Waals surface area contributed by atoms with Crippen molar-refractivity contribution in [1.29, 1.82) is 0 Å². The van der Waals surface area contributed by atoms with E-state index in [1.807, 2.05) is 6.92 Å². The molecule has 0 saturated heterocycles. The van der Waals surface area contributed by atoms with E-state index in [1.165, 1.54) is 19.2 Å². The third kappa shape index (κ3) is 3.08. The molecule has 20 heavy (non-hydrogen) atoms. The van der Waals surface area contributed by atoms with Crippen molar-refractivity contribution in [2.45, 2.75) is 6.92 Å². The zero-order chi connectivity index (χ0) is 14.7. The van der Waals surface area contributed by atoms with Gasteiger partial charge < -0.3 is 10.1 Å². The minimum absolute atomic E-state index is 0.0824. The Morgan fingerprint density at radius 1 is 1.25 bits per heavy atom. The summed E-state index contributed by atoms with van der Waals surface area (Å²) in [5.74, 6) is -0.385. The third-order valence-electron chi connectivity index (χ3n) is 2.85. The smallest absolute Gasteiger partial charge is 0.255 e. The van der Waals surface area contributed by atoms with Crippen molar-refractivity contribution in [3.63, 3.8) is 0 Å². The summed E-state index contributed by atoms with van der Waals surface area (Å²) in [4.78, 5) is 12.1. The number of benzene rings is 2. The van der Waals surface area contributed by atoms with Gasteiger partial charge in [0.15, 0.2) is 0 Å². The molecular formula is C15H13ClFNO2. The van der Waals surface area contributed by atoms with Gasteiger partial charge in [-0.2, -0.15) is 0 Å². The van der Waals surface area contributed by atoms with E-state index in [-0.39, 0.29) is 10.7 Å². The maximum Gasteiger partial charge on any atom is 0.255 e. The summed E-state index contributed by atoms with van der Waals surface area (Å²) in [6.07, 6.45) is 0. The van der Waals surface area contributed by atoms with Crippen LogP contribution in [0, 0.1) is 12.7 Å². The normalized spacial score (nSPS) is 10.2. The van der Waals surface area contributed by atoms with Gasteiger partial charge in [0.25, 0.3) is 5.91 Å². The predicted octanol–water partition coefficient (Wildman–Crippen LogP) is 4.05. The summed E-state index contributed by atoms with van der Waals surface area (Å²) in [6.45, 7) is 1.87. The Morgan fingerprint density at radius 3 is 2.65 bits per heavy atom. The Hall–Kier alpha value is -2.07. The molecule has 1 amide bonds. The molecular weight excluding hydrogens is 281 g/mol. The van der Waals surface area contributed by atoms with Gasteiger partial charge in [-0.05, 0) is 42.8 Å². The molecule has 5 heteroatoms. The molecule has 0 aliphatic heterocycles. The average molecular weight is 294 g/mol. The van der Waals surface area contributed by atoms with Gasteiger partial charge >= 0.3 is 0 Å². The summed E-state index contributed by atoms with van der Waals surface area (Å²) in [5.41, 5.74) is 1.39. The fraction of sp³-hybridized carbons (Fsp3) is 0.133. The van der Waals surface area contributed by atoms with Crippen molar-refractivity contribution < 1.29 is 13.9 Å². The first-order valence-corrected chi connectivity index (χ1v) is 6.30. The molecule has 0 unspecified atom stereocenters. The zero-order valence-electron chi connectivity index (χ0n) is 11.0. The molecule has 0 aliphatic carbocycles. The highest BCUT2D eigenvalue weighted by Crippen LogP contribution is 2.22. The minimum Gasteiger partial charge on any atom is -0.496 e. The van der Waals surface area contributed by atoms with Crippen LogP contribution >= 0.6 is 11.6 Å². The summed E-state index contributed by atoms with van der Waals surface area (Å²) >= 11 is 5.66. The number of amides is 1. The summed E-state index contributed by atoms with van der Waals surface area (Å²) in [7, 11) is 1.53. The number of methoxy groups -OCH3 is 1. The van der Waals surface area contributed by atoms with Crippen molar-refractivity contribution >= 4 is 23.2 Å². The van der Waals surface area contributed by atoms with Crippen molar-refractivity contribution in [3.05, 3.63) is 58.4 Å². The molecule has 3 nitrogen and oxygen atoms in total. The Labute approximate surface area is 121 Å².